The van der Waals surface area contributed by atoms with Crippen LogP contribution in [0.25, 0.3) is 10.9 Å². The number of methoxy groups -OCH3 is 2. The van der Waals surface area contributed by atoms with Crippen LogP contribution in [0.15, 0.2) is 30.3 Å². The molecule has 2 aromatic carbocycles. The highest BCUT2D eigenvalue weighted by molar-refractivity contribution is 5.91. The first-order valence-electron chi connectivity index (χ1n) is 10.8. The third kappa shape index (κ3) is 5.49. The molecule has 0 radical (unpaired) electrons. The number of nitrogens with zero attached hydrogens (tertiary/aromatic N) is 2. The summed E-state index contributed by atoms with van der Waals surface area (Å²) in [4.78, 5) is 8.85. The molecule has 1 heterocycles. The number of nitrogens with one attached hydrogen (secondary N) is 1. The first-order chi connectivity index (χ1) is 16.2. The minimum atomic E-state index is -4.64. The molecule has 1 aromatic heterocycles. The normalized spacial score (nSPS) is 14.8. The Morgan fingerprint density at radius 2 is 1.82 bits per heavy atom. The second kappa shape index (κ2) is 9.61. The molecule has 34 heavy (non-hydrogen) atoms. The van der Waals surface area contributed by atoms with Crippen LogP contribution in [0.1, 0.15) is 29.8 Å². The van der Waals surface area contributed by atoms with E-state index in [-0.39, 0.29) is 18.2 Å². The molecule has 1 saturated carbocycles. The number of ether oxygens (including phenoxy) is 3. The molecule has 3 aromatic rings. The lowest BCUT2D eigenvalue weighted by atomic mass is 10.1. The van der Waals surface area contributed by atoms with Gasteiger partial charge in [-0.3, -0.25) is 0 Å². The standard InChI is InChI=1S/C24H25F4N3O3/c1-13-30-19-10-20(33-3)21(34-22(12-32-2)15-4-5-15)9-18(19)23(31-13)29-11-14-6-16(24(26,27)28)8-17(25)7-14/h6-10,15,22H,4-5,11-12H2,1-3H3,(H,29,30,31). The zero-order chi connectivity index (χ0) is 24.5. The van der Waals surface area contributed by atoms with Crippen LogP contribution < -0.4 is 14.8 Å². The van der Waals surface area contributed by atoms with Gasteiger partial charge in [0, 0.05) is 25.1 Å². The number of rotatable bonds is 9. The monoisotopic (exact) mass is 479 g/mol. The number of alkyl halides is 3. The topological polar surface area (TPSA) is 65.5 Å². The molecule has 1 atom stereocenters. The maximum absolute atomic E-state index is 13.8. The highest BCUT2D eigenvalue weighted by Crippen LogP contribution is 2.40. The molecule has 4 rings (SSSR count). The number of hydrogen-bond acceptors (Lipinski definition) is 6. The van der Waals surface area contributed by atoms with Gasteiger partial charge in [0.05, 0.1) is 24.8 Å². The van der Waals surface area contributed by atoms with Crippen molar-refractivity contribution in [3.05, 3.63) is 53.1 Å². The molecule has 1 N–H and O–H groups in total. The molecule has 1 aliphatic rings. The number of halogens is 4. The van der Waals surface area contributed by atoms with E-state index >= 15 is 0 Å². The van der Waals surface area contributed by atoms with Gasteiger partial charge in [0.1, 0.15) is 23.6 Å². The Balaban J connectivity index is 1.66. The molecular weight excluding hydrogens is 454 g/mol. The zero-order valence-corrected chi connectivity index (χ0v) is 19.0. The van der Waals surface area contributed by atoms with Gasteiger partial charge in [0.15, 0.2) is 11.5 Å². The summed E-state index contributed by atoms with van der Waals surface area (Å²) in [6, 6.07) is 5.91. The van der Waals surface area contributed by atoms with E-state index < -0.39 is 17.6 Å². The zero-order valence-electron chi connectivity index (χ0n) is 19.0. The van der Waals surface area contributed by atoms with E-state index in [0.717, 1.165) is 25.0 Å². The van der Waals surface area contributed by atoms with Gasteiger partial charge in [0.2, 0.25) is 0 Å². The van der Waals surface area contributed by atoms with E-state index in [1.165, 1.54) is 7.11 Å². The summed E-state index contributed by atoms with van der Waals surface area (Å²) < 4.78 is 70.0. The minimum Gasteiger partial charge on any atom is -0.493 e. The van der Waals surface area contributed by atoms with Crippen LogP contribution in [0.5, 0.6) is 11.5 Å². The maximum Gasteiger partial charge on any atom is 0.416 e. The van der Waals surface area contributed by atoms with E-state index in [1.807, 2.05) is 0 Å². The van der Waals surface area contributed by atoms with Gasteiger partial charge in [0.25, 0.3) is 0 Å². The summed E-state index contributed by atoms with van der Waals surface area (Å²) >= 11 is 0. The van der Waals surface area contributed by atoms with Crippen molar-refractivity contribution in [3.63, 3.8) is 0 Å². The Morgan fingerprint density at radius 3 is 2.47 bits per heavy atom. The van der Waals surface area contributed by atoms with Crippen molar-refractivity contribution in [2.24, 2.45) is 5.92 Å². The summed E-state index contributed by atoms with van der Waals surface area (Å²) in [5.74, 6) is 1.28. The molecule has 0 spiro atoms. The van der Waals surface area contributed by atoms with Crippen molar-refractivity contribution in [2.45, 2.75) is 38.6 Å². The molecule has 182 valence electrons. The Labute approximate surface area is 194 Å². The number of hydrogen-bond donors (Lipinski definition) is 1. The highest BCUT2D eigenvalue weighted by atomic mass is 19.4. The molecular formula is C24H25F4N3O3. The van der Waals surface area contributed by atoms with E-state index in [0.29, 0.717) is 52.6 Å². The molecule has 6 nitrogen and oxygen atoms in total. The van der Waals surface area contributed by atoms with E-state index in [2.05, 4.69) is 15.3 Å². The first-order valence-corrected chi connectivity index (χ1v) is 10.8. The van der Waals surface area contributed by atoms with Crippen molar-refractivity contribution < 1.29 is 31.8 Å². The first kappa shape index (κ1) is 24.0. The third-order valence-corrected chi connectivity index (χ3v) is 5.59. The van der Waals surface area contributed by atoms with Crippen LogP contribution in [-0.2, 0) is 17.5 Å². The van der Waals surface area contributed by atoms with Crippen LogP contribution in [0.4, 0.5) is 23.4 Å². The largest absolute Gasteiger partial charge is 0.493 e. The molecule has 10 heteroatoms. The second-order valence-corrected chi connectivity index (χ2v) is 8.29. The van der Waals surface area contributed by atoms with Crippen LogP contribution in [0.2, 0.25) is 0 Å². The van der Waals surface area contributed by atoms with Crippen molar-refractivity contribution in [2.75, 3.05) is 26.1 Å². The number of benzene rings is 2. The highest BCUT2D eigenvalue weighted by Gasteiger charge is 2.34. The number of aryl methyl sites for hydroxylation is 1. The van der Waals surface area contributed by atoms with Gasteiger partial charge >= 0.3 is 6.18 Å². The Bertz CT molecular complexity index is 1180. The summed E-state index contributed by atoms with van der Waals surface area (Å²) in [7, 11) is 3.15. The van der Waals surface area contributed by atoms with Crippen molar-refractivity contribution in [1.82, 2.24) is 9.97 Å². The fourth-order valence-electron chi connectivity index (χ4n) is 3.80. The van der Waals surface area contributed by atoms with Gasteiger partial charge in [-0.05, 0) is 55.5 Å². The van der Waals surface area contributed by atoms with Crippen molar-refractivity contribution >= 4 is 16.7 Å². The van der Waals surface area contributed by atoms with Gasteiger partial charge in [-0.2, -0.15) is 13.2 Å². The lowest BCUT2D eigenvalue weighted by molar-refractivity contribution is -0.137. The Kier molecular flexibility index (Phi) is 6.79. The van der Waals surface area contributed by atoms with E-state index in [4.69, 9.17) is 14.2 Å². The summed E-state index contributed by atoms with van der Waals surface area (Å²) in [6.07, 6.45) is -2.65. The van der Waals surface area contributed by atoms with E-state index in [9.17, 15) is 17.6 Å². The van der Waals surface area contributed by atoms with Crippen molar-refractivity contribution in [3.8, 4) is 11.5 Å². The van der Waals surface area contributed by atoms with Crippen LogP contribution >= 0.6 is 0 Å². The molecule has 1 unspecified atom stereocenters. The second-order valence-electron chi connectivity index (χ2n) is 8.29. The molecule has 1 fully saturated rings. The average molecular weight is 479 g/mol. The van der Waals surface area contributed by atoms with E-state index in [1.54, 1.807) is 26.2 Å². The molecule has 0 saturated heterocycles. The fraction of sp³-hybridized carbons (Fsp3) is 0.417. The van der Waals surface area contributed by atoms with Crippen molar-refractivity contribution in [1.29, 1.82) is 0 Å². The maximum atomic E-state index is 13.8. The summed E-state index contributed by atoms with van der Waals surface area (Å²) in [5, 5.41) is 3.62. The minimum absolute atomic E-state index is 0.0665. The van der Waals surface area contributed by atoms with Gasteiger partial charge < -0.3 is 19.5 Å². The van der Waals surface area contributed by atoms with Crippen LogP contribution in [-0.4, -0.2) is 36.9 Å². The van der Waals surface area contributed by atoms with Gasteiger partial charge in [-0.15, -0.1) is 0 Å². The average Bonchev–Trinajstić information content (AvgIpc) is 3.61. The quantitative estimate of drug-likeness (QED) is 0.408. The smallest absolute Gasteiger partial charge is 0.416 e. The molecule has 1 aliphatic carbocycles. The molecule has 0 amide bonds. The number of fused-ring (bicyclic) bond motifs is 1. The predicted molar refractivity (Wildman–Crippen MR) is 119 cm³/mol. The SMILES string of the molecule is COCC(Oc1cc2c(NCc3cc(F)cc(C(F)(F)F)c3)nc(C)nc2cc1OC)C1CC1. The number of aromatic nitrogens is 2. The Morgan fingerprint density at radius 1 is 1.06 bits per heavy atom. The lowest BCUT2D eigenvalue weighted by Crippen LogP contribution is -2.25. The lowest BCUT2D eigenvalue weighted by Gasteiger charge is -2.20. The van der Waals surface area contributed by atoms with Gasteiger partial charge in [-0.25, -0.2) is 14.4 Å². The predicted octanol–water partition coefficient (Wildman–Crippen LogP) is 5.52. The summed E-state index contributed by atoms with van der Waals surface area (Å²) in [6.45, 7) is 2.07. The number of anilines is 1. The molecule has 0 aliphatic heterocycles. The summed E-state index contributed by atoms with van der Waals surface area (Å²) in [5.41, 5.74) is -0.336. The van der Waals surface area contributed by atoms with Crippen LogP contribution in [0, 0.1) is 18.7 Å². The Hall–Kier alpha value is -3.14. The third-order valence-electron chi connectivity index (χ3n) is 5.59. The fourth-order valence-corrected chi connectivity index (χ4v) is 3.80. The van der Waals surface area contributed by atoms with Crippen LogP contribution in [0.3, 0.4) is 0 Å². The molecule has 0 bridgehead atoms. The van der Waals surface area contributed by atoms with Gasteiger partial charge in [-0.1, -0.05) is 0 Å².